The lowest BCUT2D eigenvalue weighted by molar-refractivity contribution is 0.481. The molecular weight excluding hydrogens is 584 g/mol. The monoisotopic (exact) mass is 602 g/mol. The fourth-order valence-electron chi connectivity index (χ4n) is 6.29. The van der Waals surface area contributed by atoms with E-state index in [1.165, 1.54) is 12.1 Å². The lowest BCUT2D eigenvalue weighted by Crippen LogP contribution is -2.14. The molecular formula is C28H18N4O8S2. The number of anilines is 4. The molecule has 210 valence electrons. The zero-order valence-corrected chi connectivity index (χ0v) is 22.7. The maximum Gasteiger partial charge on any atom is 0.296 e. The maximum atomic E-state index is 14.0. The Labute approximate surface area is 234 Å². The lowest BCUT2D eigenvalue weighted by Gasteiger charge is -2.21. The van der Waals surface area contributed by atoms with Gasteiger partial charge in [0.1, 0.15) is 9.79 Å². The van der Waals surface area contributed by atoms with Crippen LogP contribution < -0.4 is 33.8 Å². The van der Waals surface area contributed by atoms with Gasteiger partial charge in [-0.25, -0.2) is 0 Å². The van der Waals surface area contributed by atoms with Crippen LogP contribution in [0, 0.1) is 0 Å². The van der Waals surface area contributed by atoms with Crippen molar-refractivity contribution in [3.05, 3.63) is 69.0 Å². The fourth-order valence-corrected chi connectivity index (χ4v) is 7.59. The van der Waals surface area contributed by atoms with Gasteiger partial charge in [0.2, 0.25) is 0 Å². The van der Waals surface area contributed by atoms with Gasteiger partial charge in [-0.05, 0) is 56.6 Å². The van der Waals surface area contributed by atoms with Gasteiger partial charge in [0.05, 0.1) is 32.9 Å². The van der Waals surface area contributed by atoms with Crippen molar-refractivity contribution < 1.29 is 25.9 Å². The van der Waals surface area contributed by atoms with Crippen LogP contribution in [0.2, 0.25) is 0 Å². The van der Waals surface area contributed by atoms with Crippen LogP contribution in [0.4, 0.5) is 22.7 Å². The highest BCUT2D eigenvalue weighted by Crippen LogP contribution is 2.49. The maximum absolute atomic E-state index is 14.0. The number of benzene rings is 7. The first kappa shape index (κ1) is 25.9. The van der Waals surface area contributed by atoms with Gasteiger partial charge in [-0.1, -0.05) is 24.3 Å². The second-order valence-electron chi connectivity index (χ2n) is 10.1. The molecule has 0 spiro atoms. The summed E-state index contributed by atoms with van der Waals surface area (Å²) in [4.78, 5) is 26.3. The summed E-state index contributed by atoms with van der Waals surface area (Å²) in [6.45, 7) is 0. The average molecular weight is 603 g/mol. The van der Waals surface area contributed by atoms with Crippen LogP contribution in [-0.2, 0) is 20.2 Å². The number of hydrogen-bond acceptors (Lipinski definition) is 10. The van der Waals surface area contributed by atoms with Gasteiger partial charge in [-0.15, -0.1) is 0 Å². The predicted molar refractivity (Wildman–Crippen MR) is 164 cm³/mol. The minimum atomic E-state index is -5.03. The van der Waals surface area contributed by atoms with E-state index >= 15 is 0 Å². The second-order valence-corrected chi connectivity index (χ2v) is 12.8. The Hall–Kier alpha value is -5.02. The number of nitrogen functional groups attached to an aromatic ring is 4. The van der Waals surface area contributed by atoms with Gasteiger partial charge in [0, 0.05) is 22.1 Å². The highest BCUT2D eigenvalue weighted by molar-refractivity contribution is 7.86. The first-order chi connectivity index (χ1) is 19.6. The molecule has 0 amide bonds. The first-order valence-electron chi connectivity index (χ1n) is 12.1. The van der Waals surface area contributed by atoms with Crippen molar-refractivity contribution in [3.8, 4) is 0 Å². The molecule has 10 N–H and O–H groups in total. The van der Waals surface area contributed by atoms with Crippen LogP contribution in [0.3, 0.4) is 0 Å². The van der Waals surface area contributed by atoms with Crippen molar-refractivity contribution in [1.82, 2.24) is 0 Å². The predicted octanol–water partition coefficient (Wildman–Crippen LogP) is 3.02. The SMILES string of the molecule is Nc1cccc2c1c(=O)c1c(N)c(S(=O)(=O)O)cc3c4cc(S(=O)(=O)O)c(N)c5c(=O)c6c(N)cccc6c(c54)c2c13. The van der Waals surface area contributed by atoms with E-state index in [4.69, 9.17) is 22.9 Å². The van der Waals surface area contributed by atoms with Gasteiger partial charge in [0.25, 0.3) is 20.2 Å². The number of fused-ring (bicyclic) bond motifs is 6. The van der Waals surface area contributed by atoms with Crippen LogP contribution in [0.25, 0.3) is 64.6 Å². The highest BCUT2D eigenvalue weighted by Gasteiger charge is 2.30. The van der Waals surface area contributed by atoms with Crippen LogP contribution in [0.5, 0.6) is 0 Å². The smallest absolute Gasteiger partial charge is 0.296 e. The summed E-state index contributed by atoms with van der Waals surface area (Å²) in [5, 5.41) is 0.891. The molecule has 0 saturated heterocycles. The molecule has 0 atom stereocenters. The number of nitrogens with two attached hydrogens (primary N) is 4. The molecule has 0 fully saturated rings. The molecule has 14 heteroatoms. The molecule has 0 unspecified atom stereocenters. The van der Waals surface area contributed by atoms with Crippen LogP contribution in [0.1, 0.15) is 0 Å². The zero-order valence-electron chi connectivity index (χ0n) is 21.1. The quantitative estimate of drug-likeness (QED) is 0.0723. The molecule has 0 aliphatic heterocycles. The molecule has 0 saturated carbocycles. The van der Waals surface area contributed by atoms with Crippen molar-refractivity contribution in [3.63, 3.8) is 0 Å². The van der Waals surface area contributed by atoms with Crippen LogP contribution >= 0.6 is 0 Å². The van der Waals surface area contributed by atoms with E-state index < -0.39 is 52.3 Å². The Morgan fingerprint density at radius 1 is 0.476 bits per heavy atom. The molecule has 7 aromatic carbocycles. The summed E-state index contributed by atoms with van der Waals surface area (Å²) in [6.07, 6.45) is 0. The van der Waals surface area contributed by atoms with E-state index in [1.54, 1.807) is 24.3 Å². The van der Waals surface area contributed by atoms with Gasteiger partial charge in [-0.2, -0.15) is 16.8 Å². The van der Waals surface area contributed by atoms with Crippen molar-refractivity contribution in [2.75, 3.05) is 22.9 Å². The topological polar surface area (TPSA) is 247 Å². The minimum Gasteiger partial charge on any atom is -0.398 e. The van der Waals surface area contributed by atoms with E-state index in [1.807, 2.05) is 0 Å². The zero-order chi connectivity index (χ0) is 30.2. The summed E-state index contributed by atoms with van der Waals surface area (Å²) in [5.74, 6) is 0. The molecule has 0 bridgehead atoms. The largest absolute Gasteiger partial charge is 0.398 e. The van der Waals surface area contributed by atoms with Crippen molar-refractivity contribution in [1.29, 1.82) is 0 Å². The molecule has 42 heavy (non-hydrogen) atoms. The summed E-state index contributed by atoms with van der Waals surface area (Å²) >= 11 is 0. The minimum absolute atomic E-state index is 0.00696. The summed E-state index contributed by atoms with van der Waals surface area (Å²) < 4.78 is 70.0. The molecule has 0 radical (unpaired) electrons. The van der Waals surface area contributed by atoms with E-state index in [0.29, 0.717) is 21.5 Å². The molecule has 12 nitrogen and oxygen atoms in total. The molecule has 7 rings (SSSR count). The normalized spacial score (nSPS) is 13.0. The number of rotatable bonds is 2. The molecule has 0 heterocycles. The van der Waals surface area contributed by atoms with E-state index in [-0.39, 0.29) is 54.5 Å². The molecule has 0 aliphatic rings. The summed E-state index contributed by atoms with van der Waals surface area (Å²) in [7, 11) is -10.1. The Bertz CT molecular complexity index is 2570. The Morgan fingerprint density at radius 2 is 0.810 bits per heavy atom. The van der Waals surface area contributed by atoms with Crippen molar-refractivity contribution in [2.24, 2.45) is 0 Å². The molecule has 7 aromatic rings. The molecule has 0 aliphatic carbocycles. The Kier molecular flexibility index (Phi) is 4.83. The van der Waals surface area contributed by atoms with Crippen molar-refractivity contribution >= 4 is 108 Å². The van der Waals surface area contributed by atoms with E-state index in [9.17, 15) is 35.5 Å². The van der Waals surface area contributed by atoms with Gasteiger partial charge < -0.3 is 22.9 Å². The highest BCUT2D eigenvalue weighted by atomic mass is 32.2. The number of hydrogen-bond donors (Lipinski definition) is 6. The van der Waals surface area contributed by atoms with Crippen LogP contribution in [-0.4, -0.2) is 25.9 Å². The lowest BCUT2D eigenvalue weighted by atomic mass is 9.83. The van der Waals surface area contributed by atoms with Crippen LogP contribution in [0.15, 0.2) is 67.9 Å². The third kappa shape index (κ3) is 3.06. The first-order valence-corrected chi connectivity index (χ1v) is 15.0. The third-order valence-electron chi connectivity index (χ3n) is 7.90. The van der Waals surface area contributed by atoms with Crippen molar-refractivity contribution in [2.45, 2.75) is 9.79 Å². The fraction of sp³-hybridized carbons (Fsp3) is 0. The van der Waals surface area contributed by atoms with Gasteiger partial charge >= 0.3 is 0 Å². The summed E-state index contributed by atoms with van der Waals surface area (Å²) in [5.41, 5.74) is 22.6. The van der Waals surface area contributed by atoms with E-state index in [0.717, 1.165) is 12.1 Å². The van der Waals surface area contributed by atoms with Gasteiger partial charge in [0.15, 0.2) is 10.9 Å². The van der Waals surface area contributed by atoms with Gasteiger partial charge in [-0.3, -0.25) is 18.7 Å². The third-order valence-corrected chi connectivity index (χ3v) is 9.68. The molecule has 0 aromatic heterocycles. The Balaban J connectivity index is 2.08. The second kappa shape index (κ2) is 7.83. The average Bonchev–Trinajstić information content (AvgIpc) is 2.89. The Morgan fingerprint density at radius 3 is 1.14 bits per heavy atom. The van der Waals surface area contributed by atoms with E-state index in [2.05, 4.69) is 0 Å². The summed E-state index contributed by atoms with van der Waals surface area (Å²) in [6, 6.07) is 11.4. The standard InChI is InChI=1S/C28H18N4O8S2/c29-13-5-1-3-9-17(13)27(33)23-21-11(7-15(25(23)31)41(35,36)37)12-8-16(42(38,39)40)26(32)24-22(12)20(19(9)21)10-4-2-6-14(30)18(10)28(24)34/h1-8H,29-32H2,(H,35,36,37)(H,38,39,40).